The summed E-state index contributed by atoms with van der Waals surface area (Å²) >= 11 is 9.18. The Labute approximate surface area is 200 Å². The van der Waals surface area contributed by atoms with Gasteiger partial charge in [0.15, 0.2) is 0 Å². The van der Waals surface area contributed by atoms with E-state index in [1.807, 2.05) is 48.5 Å². The third kappa shape index (κ3) is 4.92. The van der Waals surface area contributed by atoms with E-state index in [0.29, 0.717) is 22.2 Å². The Morgan fingerprint density at radius 3 is 2.62 bits per heavy atom. The standard InChI is InChI=1S/C23H23ClN4O2S2/c1-4-28(14(2)3)16-11-9-15(10-12-16)25-19(29)13-31-23-27-26-22(30-23)21-20(24)17-7-5-6-8-18(17)32-21/h5-12,14H,4,13H2,1-3H3,(H,25,29). The summed E-state index contributed by atoms with van der Waals surface area (Å²) < 4.78 is 6.79. The first-order valence-corrected chi connectivity index (χ1v) is 12.4. The maximum Gasteiger partial charge on any atom is 0.277 e. The predicted octanol–water partition coefficient (Wildman–Crippen LogP) is 6.57. The number of nitrogens with zero attached hydrogens (tertiary/aromatic N) is 3. The largest absolute Gasteiger partial charge is 0.410 e. The van der Waals surface area contributed by atoms with Gasteiger partial charge in [-0.2, -0.15) is 0 Å². The minimum Gasteiger partial charge on any atom is -0.410 e. The van der Waals surface area contributed by atoms with Crippen molar-refractivity contribution in [3.63, 3.8) is 0 Å². The fraction of sp³-hybridized carbons (Fsp3) is 0.261. The number of rotatable bonds is 8. The van der Waals surface area contributed by atoms with E-state index < -0.39 is 0 Å². The molecule has 1 N–H and O–H groups in total. The number of fused-ring (bicyclic) bond motifs is 1. The van der Waals surface area contributed by atoms with E-state index in [2.05, 4.69) is 41.2 Å². The molecule has 4 aromatic rings. The summed E-state index contributed by atoms with van der Waals surface area (Å²) in [5.74, 6) is 0.385. The number of nitrogens with one attached hydrogen (secondary N) is 1. The quantitative estimate of drug-likeness (QED) is 0.284. The second kappa shape index (κ2) is 9.94. The van der Waals surface area contributed by atoms with Gasteiger partial charge < -0.3 is 14.6 Å². The molecule has 0 atom stereocenters. The topological polar surface area (TPSA) is 71.3 Å². The average molecular weight is 487 g/mol. The van der Waals surface area contributed by atoms with E-state index in [0.717, 1.165) is 32.9 Å². The van der Waals surface area contributed by atoms with E-state index in [4.69, 9.17) is 16.0 Å². The fourth-order valence-electron chi connectivity index (χ4n) is 3.42. The average Bonchev–Trinajstić information content (AvgIpc) is 3.38. The SMILES string of the molecule is CCN(c1ccc(NC(=O)CSc2nnc(-c3sc4ccccc4c3Cl)o2)cc1)C(C)C. The summed E-state index contributed by atoms with van der Waals surface area (Å²) in [4.78, 5) is 15.4. The van der Waals surface area contributed by atoms with Gasteiger partial charge in [0.05, 0.1) is 10.8 Å². The molecular weight excluding hydrogens is 464 g/mol. The molecule has 0 bridgehead atoms. The zero-order valence-electron chi connectivity index (χ0n) is 18.0. The van der Waals surface area contributed by atoms with Crippen molar-refractivity contribution in [1.82, 2.24) is 10.2 Å². The molecule has 0 aliphatic heterocycles. The molecule has 0 aliphatic rings. The van der Waals surface area contributed by atoms with Gasteiger partial charge in [-0.15, -0.1) is 21.5 Å². The number of benzene rings is 2. The zero-order valence-corrected chi connectivity index (χ0v) is 20.4. The maximum absolute atomic E-state index is 12.4. The van der Waals surface area contributed by atoms with E-state index in [-0.39, 0.29) is 11.7 Å². The zero-order chi connectivity index (χ0) is 22.7. The Hall–Kier alpha value is -2.55. The van der Waals surface area contributed by atoms with Crippen molar-refractivity contribution in [3.05, 3.63) is 53.6 Å². The van der Waals surface area contributed by atoms with Crippen molar-refractivity contribution in [3.8, 4) is 10.8 Å². The summed E-state index contributed by atoms with van der Waals surface area (Å²) in [5.41, 5.74) is 1.88. The van der Waals surface area contributed by atoms with Crippen molar-refractivity contribution in [1.29, 1.82) is 0 Å². The second-order valence-corrected chi connectivity index (χ2v) is 9.73. The van der Waals surface area contributed by atoms with Crippen LogP contribution < -0.4 is 10.2 Å². The lowest BCUT2D eigenvalue weighted by atomic mass is 10.2. The molecule has 166 valence electrons. The Bertz CT molecular complexity index is 1220. The first-order chi connectivity index (χ1) is 15.5. The van der Waals surface area contributed by atoms with Crippen molar-refractivity contribution in [2.45, 2.75) is 32.0 Å². The second-order valence-electron chi connectivity index (χ2n) is 7.38. The number of thioether (sulfide) groups is 1. The first kappa shape index (κ1) is 22.6. The number of anilines is 2. The van der Waals surface area contributed by atoms with E-state index in [1.54, 1.807) is 0 Å². The maximum atomic E-state index is 12.4. The van der Waals surface area contributed by atoms with Gasteiger partial charge >= 0.3 is 0 Å². The highest BCUT2D eigenvalue weighted by Crippen LogP contribution is 2.41. The number of halogens is 1. The van der Waals surface area contributed by atoms with E-state index in [9.17, 15) is 4.79 Å². The van der Waals surface area contributed by atoms with Crippen molar-refractivity contribution in [2.75, 3.05) is 22.5 Å². The van der Waals surface area contributed by atoms with Crippen LogP contribution in [-0.4, -0.2) is 34.4 Å². The molecule has 0 saturated carbocycles. The Kier molecular flexibility index (Phi) is 7.03. The molecule has 6 nitrogen and oxygen atoms in total. The molecule has 4 rings (SSSR count). The minimum atomic E-state index is -0.140. The Morgan fingerprint density at radius 1 is 1.19 bits per heavy atom. The molecule has 2 heterocycles. The highest BCUT2D eigenvalue weighted by Gasteiger charge is 2.18. The fourth-order valence-corrected chi connectivity index (χ4v) is 5.41. The molecule has 0 aliphatic carbocycles. The van der Waals surface area contributed by atoms with Gasteiger partial charge in [-0.1, -0.05) is 41.6 Å². The van der Waals surface area contributed by atoms with Gasteiger partial charge in [0, 0.05) is 34.0 Å². The molecule has 32 heavy (non-hydrogen) atoms. The van der Waals surface area contributed by atoms with Gasteiger partial charge in [0.2, 0.25) is 5.91 Å². The van der Waals surface area contributed by atoms with Gasteiger partial charge in [0.1, 0.15) is 4.88 Å². The third-order valence-corrected chi connectivity index (χ3v) is 7.39. The number of carbonyl (C=O) groups excluding carboxylic acids is 1. The Morgan fingerprint density at radius 2 is 1.94 bits per heavy atom. The number of hydrogen-bond acceptors (Lipinski definition) is 7. The highest BCUT2D eigenvalue weighted by atomic mass is 35.5. The number of amides is 1. The molecule has 1 amide bonds. The number of aromatic nitrogens is 2. The van der Waals surface area contributed by atoms with Crippen LogP contribution in [0.1, 0.15) is 20.8 Å². The lowest BCUT2D eigenvalue weighted by Gasteiger charge is -2.27. The van der Waals surface area contributed by atoms with E-state index >= 15 is 0 Å². The van der Waals surface area contributed by atoms with Gasteiger partial charge in [-0.25, -0.2) is 0 Å². The van der Waals surface area contributed by atoms with Crippen LogP contribution in [0.4, 0.5) is 11.4 Å². The molecule has 0 fully saturated rings. The van der Waals surface area contributed by atoms with Crippen molar-refractivity contribution in [2.24, 2.45) is 0 Å². The van der Waals surface area contributed by atoms with Gasteiger partial charge in [-0.3, -0.25) is 4.79 Å². The smallest absolute Gasteiger partial charge is 0.277 e. The summed E-state index contributed by atoms with van der Waals surface area (Å²) in [5, 5.41) is 12.9. The summed E-state index contributed by atoms with van der Waals surface area (Å²) in [7, 11) is 0. The highest BCUT2D eigenvalue weighted by molar-refractivity contribution is 7.99. The number of carbonyl (C=O) groups is 1. The lowest BCUT2D eigenvalue weighted by molar-refractivity contribution is -0.113. The molecule has 0 saturated heterocycles. The number of thiophene rings is 1. The monoisotopic (exact) mass is 486 g/mol. The van der Waals surface area contributed by atoms with Crippen LogP contribution in [0.2, 0.25) is 5.02 Å². The molecule has 2 aromatic carbocycles. The van der Waals surface area contributed by atoms with Gasteiger partial charge in [0.25, 0.3) is 11.1 Å². The normalized spacial score (nSPS) is 11.3. The van der Waals surface area contributed by atoms with Crippen LogP contribution in [0.25, 0.3) is 20.9 Å². The molecule has 0 unspecified atom stereocenters. The Balaban J connectivity index is 1.36. The summed E-state index contributed by atoms with van der Waals surface area (Å²) in [6.45, 7) is 7.38. The van der Waals surface area contributed by atoms with Crippen LogP contribution >= 0.6 is 34.7 Å². The van der Waals surface area contributed by atoms with Crippen molar-refractivity contribution >= 4 is 62.1 Å². The number of hydrogen-bond donors (Lipinski definition) is 1. The first-order valence-electron chi connectivity index (χ1n) is 10.3. The molecule has 0 spiro atoms. The molecule has 2 aromatic heterocycles. The van der Waals surface area contributed by atoms with Crippen LogP contribution in [0.3, 0.4) is 0 Å². The van der Waals surface area contributed by atoms with Crippen LogP contribution in [0.15, 0.2) is 58.2 Å². The predicted molar refractivity (Wildman–Crippen MR) is 134 cm³/mol. The summed E-state index contributed by atoms with van der Waals surface area (Å²) in [6.07, 6.45) is 0. The molecule has 0 radical (unpaired) electrons. The van der Waals surface area contributed by atoms with E-state index in [1.165, 1.54) is 23.1 Å². The van der Waals surface area contributed by atoms with Crippen LogP contribution in [-0.2, 0) is 4.79 Å². The van der Waals surface area contributed by atoms with Crippen LogP contribution in [0, 0.1) is 0 Å². The lowest BCUT2D eigenvalue weighted by Crippen LogP contribution is -2.30. The molecular formula is C23H23ClN4O2S2. The van der Waals surface area contributed by atoms with Crippen molar-refractivity contribution < 1.29 is 9.21 Å². The summed E-state index contributed by atoms with van der Waals surface area (Å²) in [6, 6.07) is 16.1. The minimum absolute atomic E-state index is 0.140. The molecule has 9 heteroatoms. The third-order valence-electron chi connectivity index (χ3n) is 4.91. The van der Waals surface area contributed by atoms with Gasteiger partial charge in [-0.05, 0) is 51.1 Å². The van der Waals surface area contributed by atoms with Crippen LogP contribution in [0.5, 0.6) is 0 Å².